The number of unbranched alkanes of at least 4 members (excludes halogenated alkanes) is 3. The molecular weight excluding hydrogens is 415 g/mol. The molecule has 3 nitrogen and oxygen atoms in total. The second-order valence-corrected chi connectivity index (χ2v) is 20.6. The number of pyridine rings is 1. The van der Waals surface area contributed by atoms with Crippen LogP contribution in [0.4, 0.5) is 5.82 Å². The summed E-state index contributed by atoms with van der Waals surface area (Å²) in [5.74, 6) is 1.20. The Kier molecular flexibility index (Phi) is 9.61. The van der Waals surface area contributed by atoms with Gasteiger partial charge in [0.15, 0.2) is 0 Å². The molecule has 0 radical (unpaired) electrons. The zero-order chi connectivity index (χ0) is 18.0. The summed E-state index contributed by atoms with van der Waals surface area (Å²) in [6.07, 6.45) is 8.15. The van der Waals surface area contributed by atoms with Crippen molar-refractivity contribution in [1.82, 2.24) is 4.98 Å². The molecule has 1 aliphatic rings. The molecule has 1 aromatic rings. The molecule has 25 heavy (non-hydrogen) atoms. The molecule has 1 fully saturated rings. The van der Waals surface area contributed by atoms with Gasteiger partial charge in [0.25, 0.3) is 0 Å². The second-order valence-electron chi connectivity index (χ2n) is 7.57. The average Bonchev–Trinajstić information content (AvgIpc) is 2.68. The van der Waals surface area contributed by atoms with Crippen molar-refractivity contribution in [1.29, 1.82) is 0 Å². The summed E-state index contributed by atoms with van der Waals surface area (Å²) in [7, 11) is 0. The van der Waals surface area contributed by atoms with E-state index in [0.717, 1.165) is 26.3 Å². The third-order valence-electron chi connectivity index (χ3n) is 5.64. The van der Waals surface area contributed by atoms with E-state index in [1.165, 1.54) is 57.7 Å². The number of hydrogen-bond acceptors (Lipinski definition) is 3. The van der Waals surface area contributed by atoms with Gasteiger partial charge in [0.2, 0.25) is 0 Å². The maximum atomic E-state index is 5.52. The van der Waals surface area contributed by atoms with E-state index in [1.807, 2.05) is 0 Å². The first-order valence-corrected chi connectivity index (χ1v) is 18.0. The molecule has 2 rings (SSSR count). The van der Waals surface area contributed by atoms with E-state index >= 15 is 0 Å². The van der Waals surface area contributed by atoms with Crippen LogP contribution in [-0.4, -0.2) is 49.7 Å². The van der Waals surface area contributed by atoms with Crippen LogP contribution in [0.15, 0.2) is 18.2 Å². The van der Waals surface area contributed by atoms with Crippen LogP contribution < -0.4 is 8.61 Å². The van der Waals surface area contributed by atoms with Gasteiger partial charge in [-0.2, -0.15) is 0 Å². The van der Waals surface area contributed by atoms with Crippen molar-refractivity contribution in [2.24, 2.45) is 0 Å². The first-order valence-electron chi connectivity index (χ1n) is 10.6. The Morgan fingerprint density at radius 1 is 0.920 bits per heavy atom. The number of morpholine rings is 1. The third kappa shape index (κ3) is 6.13. The third-order valence-corrected chi connectivity index (χ3v) is 20.8. The summed E-state index contributed by atoms with van der Waals surface area (Å²) < 4.78 is 11.5. The van der Waals surface area contributed by atoms with E-state index in [1.54, 1.807) is 3.71 Å². The van der Waals surface area contributed by atoms with Crippen molar-refractivity contribution in [2.75, 3.05) is 31.2 Å². The monoisotopic (exact) mass is 454 g/mol. The SMILES string of the molecule is CCC[CH2][Sn]([CH2]CCC)([CH2]CCC)[c]1cccc(N2CCOCC2)n1. The van der Waals surface area contributed by atoms with Crippen LogP contribution in [0.3, 0.4) is 0 Å². The van der Waals surface area contributed by atoms with Gasteiger partial charge >= 0.3 is 160 Å². The Labute approximate surface area is 159 Å². The summed E-state index contributed by atoms with van der Waals surface area (Å²) in [5, 5.41) is 0. The molecule has 4 heteroatoms. The molecule has 2 heterocycles. The second kappa shape index (κ2) is 11.4. The molecule has 0 saturated carbocycles. The molecule has 1 aliphatic heterocycles. The molecule has 0 bridgehead atoms. The summed E-state index contributed by atoms with van der Waals surface area (Å²) in [6.45, 7) is 10.7. The van der Waals surface area contributed by atoms with Gasteiger partial charge in [0, 0.05) is 0 Å². The Hall–Kier alpha value is -0.291. The summed E-state index contributed by atoms with van der Waals surface area (Å²) >= 11 is -2.40. The molecular formula is C21H38N2OSn. The van der Waals surface area contributed by atoms with Gasteiger partial charge in [-0.25, -0.2) is 0 Å². The molecule has 0 atom stereocenters. The normalized spacial score (nSPS) is 15.6. The molecule has 0 aliphatic carbocycles. The van der Waals surface area contributed by atoms with Crippen LogP contribution in [0, 0.1) is 0 Å². The van der Waals surface area contributed by atoms with Crippen LogP contribution in [0.2, 0.25) is 13.3 Å². The molecule has 0 amide bonds. The Balaban J connectivity index is 2.29. The molecule has 142 valence electrons. The zero-order valence-electron chi connectivity index (χ0n) is 16.7. The van der Waals surface area contributed by atoms with E-state index in [0.29, 0.717) is 0 Å². The Bertz CT molecular complexity index is 467. The predicted octanol–water partition coefficient (Wildman–Crippen LogP) is 4.97. The fourth-order valence-corrected chi connectivity index (χ4v) is 19.4. The minimum atomic E-state index is -2.40. The zero-order valence-corrected chi connectivity index (χ0v) is 19.6. The van der Waals surface area contributed by atoms with Gasteiger partial charge in [-0.05, 0) is 0 Å². The van der Waals surface area contributed by atoms with Gasteiger partial charge in [-0.1, -0.05) is 0 Å². The van der Waals surface area contributed by atoms with E-state index < -0.39 is 18.4 Å². The van der Waals surface area contributed by atoms with Crippen molar-refractivity contribution < 1.29 is 4.74 Å². The molecule has 0 spiro atoms. The van der Waals surface area contributed by atoms with Gasteiger partial charge in [-0.15, -0.1) is 0 Å². The number of hydrogen-bond donors (Lipinski definition) is 0. The number of nitrogens with zero attached hydrogens (tertiary/aromatic N) is 2. The van der Waals surface area contributed by atoms with Crippen molar-refractivity contribution in [2.45, 2.75) is 72.6 Å². The first-order chi connectivity index (χ1) is 12.3. The molecule has 1 aromatic heterocycles. The van der Waals surface area contributed by atoms with E-state index in [9.17, 15) is 0 Å². The van der Waals surface area contributed by atoms with Gasteiger partial charge < -0.3 is 0 Å². The number of anilines is 1. The average molecular weight is 453 g/mol. The minimum absolute atomic E-state index is 0.835. The maximum absolute atomic E-state index is 5.52. The number of aromatic nitrogens is 1. The number of ether oxygens (including phenoxy) is 1. The topological polar surface area (TPSA) is 25.4 Å². The van der Waals surface area contributed by atoms with Crippen LogP contribution in [-0.2, 0) is 4.74 Å². The van der Waals surface area contributed by atoms with Crippen molar-refractivity contribution in [3.8, 4) is 0 Å². The molecule has 0 aromatic carbocycles. The standard InChI is InChI=1S/C9H11N2O.3C4H9.Sn/c1-2-4-10-9(3-1)11-5-7-12-8-6-11;3*1-3-4-2;/h1-3H,5-8H2;3*1,3-4H2,2H3;. The quantitative estimate of drug-likeness (QED) is 0.443. The molecule has 0 unspecified atom stereocenters. The van der Waals surface area contributed by atoms with E-state index in [4.69, 9.17) is 9.72 Å². The predicted molar refractivity (Wildman–Crippen MR) is 112 cm³/mol. The van der Waals surface area contributed by atoms with Crippen LogP contribution >= 0.6 is 0 Å². The van der Waals surface area contributed by atoms with Crippen molar-refractivity contribution in [3.63, 3.8) is 0 Å². The van der Waals surface area contributed by atoms with Gasteiger partial charge in [0.1, 0.15) is 0 Å². The van der Waals surface area contributed by atoms with Crippen molar-refractivity contribution in [3.05, 3.63) is 18.2 Å². The summed E-state index contributed by atoms with van der Waals surface area (Å²) in [5.41, 5.74) is 0. The van der Waals surface area contributed by atoms with E-state index in [2.05, 4.69) is 43.9 Å². The van der Waals surface area contributed by atoms with Crippen molar-refractivity contribution >= 4 is 27.9 Å². The summed E-state index contributed by atoms with van der Waals surface area (Å²) in [4.78, 5) is 7.71. The van der Waals surface area contributed by atoms with Gasteiger partial charge in [0.05, 0.1) is 0 Å². The first kappa shape index (κ1) is 21.0. The Morgan fingerprint density at radius 3 is 2.00 bits per heavy atom. The van der Waals surface area contributed by atoms with Gasteiger partial charge in [-0.3, -0.25) is 0 Å². The molecule has 0 N–H and O–H groups in total. The van der Waals surface area contributed by atoms with Crippen LogP contribution in [0.25, 0.3) is 0 Å². The fraction of sp³-hybridized carbons (Fsp3) is 0.762. The van der Waals surface area contributed by atoms with Crippen LogP contribution in [0.1, 0.15) is 59.3 Å². The van der Waals surface area contributed by atoms with E-state index in [-0.39, 0.29) is 0 Å². The number of rotatable bonds is 11. The molecule has 1 saturated heterocycles. The Morgan fingerprint density at radius 2 is 1.48 bits per heavy atom. The fourth-order valence-electron chi connectivity index (χ4n) is 3.99. The summed E-state index contributed by atoms with van der Waals surface area (Å²) in [6, 6.07) is 6.88. The van der Waals surface area contributed by atoms with Crippen LogP contribution in [0.5, 0.6) is 0 Å².